The van der Waals surface area contributed by atoms with E-state index in [4.69, 9.17) is 0 Å². The maximum atomic E-state index is 12.5. The minimum atomic E-state index is -0.158. The molecule has 1 heterocycles. The van der Waals surface area contributed by atoms with Crippen molar-refractivity contribution in [2.24, 2.45) is 0 Å². The number of carbonyl (C=O) groups is 1. The van der Waals surface area contributed by atoms with Crippen LogP contribution in [0.4, 0.5) is 11.4 Å². The van der Waals surface area contributed by atoms with Gasteiger partial charge in [0, 0.05) is 25.5 Å². The van der Waals surface area contributed by atoms with Crippen molar-refractivity contribution in [3.63, 3.8) is 0 Å². The first-order valence-electron chi connectivity index (χ1n) is 7.08. The number of amides is 1. The van der Waals surface area contributed by atoms with Crippen LogP contribution in [0.2, 0.25) is 0 Å². The van der Waals surface area contributed by atoms with E-state index in [1.54, 1.807) is 6.07 Å². The van der Waals surface area contributed by atoms with Crippen LogP contribution in [0.1, 0.15) is 16.2 Å². The van der Waals surface area contributed by atoms with E-state index in [1.165, 1.54) is 0 Å². The van der Waals surface area contributed by atoms with Crippen molar-refractivity contribution in [1.29, 1.82) is 0 Å². The molecule has 22 heavy (non-hydrogen) atoms. The first-order chi connectivity index (χ1) is 10.5. The van der Waals surface area contributed by atoms with Crippen LogP contribution >= 0.6 is 0 Å². The molecule has 0 aliphatic heterocycles. The number of nitrogens with one attached hydrogen (secondary N) is 2. The van der Waals surface area contributed by atoms with Crippen LogP contribution < -0.4 is 10.2 Å². The molecule has 3 rings (SSSR count). The van der Waals surface area contributed by atoms with Gasteiger partial charge in [-0.25, -0.2) is 4.98 Å². The molecule has 0 saturated carbocycles. The van der Waals surface area contributed by atoms with Crippen LogP contribution in [0.5, 0.6) is 0 Å². The first-order valence-corrected chi connectivity index (χ1v) is 7.08. The molecule has 0 bridgehead atoms. The molecule has 0 saturated heterocycles. The van der Waals surface area contributed by atoms with Gasteiger partial charge in [-0.3, -0.25) is 4.79 Å². The van der Waals surface area contributed by atoms with Gasteiger partial charge >= 0.3 is 0 Å². The minimum Gasteiger partial charge on any atom is -0.378 e. The Morgan fingerprint density at radius 2 is 1.86 bits per heavy atom. The Labute approximate surface area is 129 Å². The van der Waals surface area contributed by atoms with Crippen molar-refractivity contribution in [2.45, 2.75) is 6.92 Å². The van der Waals surface area contributed by atoms with E-state index in [1.807, 2.05) is 62.3 Å². The summed E-state index contributed by atoms with van der Waals surface area (Å²) in [5, 5.41) is 2.91. The van der Waals surface area contributed by atoms with Crippen LogP contribution in [-0.4, -0.2) is 30.0 Å². The predicted octanol–water partition coefficient (Wildman–Crippen LogP) is 3.19. The fraction of sp³-hybridized carbons (Fsp3) is 0.176. The topological polar surface area (TPSA) is 61.0 Å². The van der Waals surface area contributed by atoms with E-state index in [0.29, 0.717) is 11.1 Å². The number of imidazole rings is 1. The highest BCUT2D eigenvalue weighted by molar-refractivity contribution is 6.11. The SMILES string of the molecule is Cc1nc2c(C(=O)Nc3ccc(N(C)C)cc3)cccc2[nH]1. The normalized spacial score (nSPS) is 10.7. The van der Waals surface area contributed by atoms with E-state index in [9.17, 15) is 4.79 Å². The highest BCUT2D eigenvalue weighted by Gasteiger charge is 2.13. The smallest absolute Gasteiger partial charge is 0.257 e. The van der Waals surface area contributed by atoms with Crippen molar-refractivity contribution in [3.05, 3.63) is 53.9 Å². The Hall–Kier alpha value is -2.82. The lowest BCUT2D eigenvalue weighted by molar-refractivity contribution is 0.102. The lowest BCUT2D eigenvalue weighted by Crippen LogP contribution is -2.13. The van der Waals surface area contributed by atoms with Gasteiger partial charge in [-0.05, 0) is 43.3 Å². The van der Waals surface area contributed by atoms with Gasteiger partial charge in [-0.15, -0.1) is 0 Å². The number of H-pyrrole nitrogens is 1. The number of aromatic nitrogens is 2. The number of benzene rings is 2. The van der Waals surface area contributed by atoms with Gasteiger partial charge < -0.3 is 15.2 Å². The number of aromatic amines is 1. The lowest BCUT2D eigenvalue weighted by Gasteiger charge is -2.13. The number of aryl methyl sites for hydroxylation is 1. The van der Waals surface area contributed by atoms with Crippen molar-refractivity contribution in [1.82, 2.24) is 9.97 Å². The first kappa shape index (κ1) is 14.1. The second-order valence-electron chi connectivity index (χ2n) is 5.42. The van der Waals surface area contributed by atoms with E-state index in [-0.39, 0.29) is 5.91 Å². The molecule has 0 fully saturated rings. The van der Waals surface area contributed by atoms with Gasteiger partial charge in [0.25, 0.3) is 5.91 Å². The monoisotopic (exact) mass is 294 g/mol. The van der Waals surface area contributed by atoms with Crippen molar-refractivity contribution in [2.75, 3.05) is 24.3 Å². The molecule has 3 aromatic rings. The molecule has 0 aliphatic carbocycles. The van der Waals surface area contributed by atoms with Crippen LogP contribution in [-0.2, 0) is 0 Å². The van der Waals surface area contributed by atoms with Gasteiger partial charge in [0.15, 0.2) is 0 Å². The summed E-state index contributed by atoms with van der Waals surface area (Å²) < 4.78 is 0. The highest BCUT2D eigenvalue weighted by atomic mass is 16.1. The molecule has 1 amide bonds. The summed E-state index contributed by atoms with van der Waals surface area (Å²) in [6, 6.07) is 13.3. The molecule has 2 aromatic carbocycles. The average Bonchev–Trinajstić information content (AvgIpc) is 2.87. The van der Waals surface area contributed by atoms with Crippen molar-refractivity contribution in [3.8, 4) is 0 Å². The number of hydrogen-bond donors (Lipinski definition) is 2. The van der Waals surface area contributed by atoms with Crippen LogP contribution in [0, 0.1) is 6.92 Å². The number of para-hydroxylation sites is 1. The molecule has 1 aromatic heterocycles. The van der Waals surface area contributed by atoms with E-state index in [2.05, 4.69) is 15.3 Å². The molecule has 5 heteroatoms. The zero-order valence-corrected chi connectivity index (χ0v) is 12.8. The fourth-order valence-electron chi connectivity index (χ4n) is 2.38. The third-order valence-electron chi connectivity index (χ3n) is 3.52. The predicted molar refractivity (Wildman–Crippen MR) is 89.6 cm³/mol. The van der Waals surface area contributed by atoms with Crippen LogP contribution in [0.15, 0.2) is 42.5 Å². The number of fused-ring (bicyclic) bond motifs is 1. The van der Waals surface area contributed by atoms with Gasteiger partial charge in [0.05, 0.1) is 11.1 Å². The zero-order valence-electron chi connectivity index (χ0n) is 12.8. The quantitative estimate of drug-likeness (QED) is 0.780. The summed E-state index contributed by atoms with van der Waals surface area (Å²) in [7, 11) is 3.96. The summed E-state index contributed by atoms with van der Waals surface area (Å²) in [6.07, 6.45) is 0. The molecule has 0 unspecified atom stereocenters. The van der Waals surface area contributed by atoms with Crippen molar-refractivity contribution >= 4 is 28.3 Å². The van der Waals surface area contributed by atoms with Crippen LogP contribution in [0.3, 0.4) is 0 Å². The Bertz CT molecular complexity index is 818. The Morgan fingerprint density at radius 3 is 2.55 bits per heavy atom. The number of anilines is 2. The van der Waals surface area contributed by atoms with Gasteiger partial charge in [-0.2, -0.15) is 0 Å². The standard InChI is InChI=1S/C17H18N4O/c1-11-18-15-6-4-5-14(16(15)19-11)17(22)20-12-7-9-13(10-8-12)21(2)3/h4-10H,1-3H3,(H,18,19)(H,20,22). The Morgan fingerprint density at radius 1 is 1.14 bits per heavy atom. The summed E-state index contributed by atoms with van der Waals surface area (Å²) >= 11 is 0. The molecule has 5 nitrogen and oxygen atoms in total. The number of rotatable bonds is 3. The summed E-state index contributed by atoms with van der Waals surface area (Å²) in [5.41, 5.74) is 3.98. The summed E-state index contributed by atoms with van der Waals surface area (Å²) in [4.78, 5) is 22.0. The number of carbonyl (C=O) groups excluding carboxylic acids is 1. The maximum Gasteiger partial charge on any atom is 0.257 e. The van der Waals surface area contributed by atoms with Crippen molar-refractivity contribution < 1.29 is 4.79 Å². The molecular weight excluding hydrogens is 276 g/mol. The molecule has 112 valence electrons. The Kier molecular flexibility index (Phi) is 3.55. The van der Waals surface area contributed by atoms with E-state index < -0.39 is 0 Å². The minimum absolute atomic E-state index is 0.158. The third kappa shape index (κ3) is 2.65. The summed E-state index contributed by atoms with van der Waals surface area (Å²) in [5.74, 6) is 0.639. The zero-order chi connectivity index (χ0) is 15.7. The molecule has 2 N–H and O–H groups in total. The second kappa shape index (κ2) is 5.52. The largest absolute Gasteiger partial charge is 0.378 e. The lowest BCUT2D eigenvalue weighted by atomic mass is 10.1. The van der Waals surface area contributed by atoms with Crippen LogP contribution in [0.25, 0.3) is 11.0 Å². The van der Waals surface area contributed by atoms with Gasteiger partial charge in [0.1, 0.15) is 11.3 Å². The van der Waals surface area contributed by atoms with Gasteiger partial charge in [-0.1, -0.05) is 6.07 Å². The molecule has 0 aliphatic rings. The molecule has 0 atom stereocenters. The third-order valence-corrected chi connectivity index (χ3v) is 3.52. The Balaban J connectivity index is 1.87. The molecule has 0 radical (unpaired) electrons. The summed E-state index contributed by atoms with van der Waals surface area (Å²) in [6.45, 7) is 1.88. The van der Waals surface area contributed by atoms with E-state index >= 15 is 0 Å². The average molecular weight is 294 g/mol. The fourth-order valence-corrected chi connectivity index (χ4v) is 2.38. The number of hydrogen-bond acceptors (Lipinski definition) is 3. The molecule has 0 spiro atoms. The number of nitrogens with zero attached hydrogens (tertiary/aromatic N) is 2. The van der Waals surface area contributed by atoms with Gasteiger partial charge in [0.2, 0.25) is 0 Å². The maximum absolute atomic E-state index is 12.5. The second-order valence-corrected chi connectivity index (χ2v) is 5.42. The van der Waals surface area contributed by atoms with E-state index in [0.717, 1.165) is 22.7 Å². The highest BCUT2D eigenvalue weighted by Crippen LogP contribution is 2.20. The molecular formula is C17H18N4O.